The van der Waals surface area contributed by atoms with Crippen LogP contribution in [-0.4, -0.2) is 23.6 Å². The Kier molecular flexibility index (Phi) is 5.03. The summed E-state index contributed by atoms with van der Waals surface area (Å²) < 4.78 is 5.44. The van der Waals surface area contributed by atoms with E-state index in [4.69, 9.17) is 4.74 Å². The Balaban J connectivity index is 1.69. The van der Waals surface area contributed by atoms with Crippen LogP contribution in [0.4, 0.5) is 0 Å². The summed E-state index contributed by atoms with van der Waals surface area (Å²) in [7, 11) is 0. The van der Waals surface area contributed by atoms with Crippen LogP contribution in [0.1, 0.15) is 42.0 Å². The van der Waals surface area contributed by atoms with Crippen molar-refractivity contribution in [2.45, 2.75) is 31.7 Å². The van der Waals surface area contributed by atoms with E-state index < -0.39 is 12.0 Å². The number of carbonyl (C=O) groups excluding carboxylic acids is 1. The summed E-state index contributed by atoms with van der Waals surface area (Å²) in [6.07, 6.45) is 0.996. The average molecular weight is 339 g/mol. The van der Waals surface area contributed by atoms with Gasteiger partial charge in [-0.25, -0.2) is 4.79 Å². The molecule has 2 aromatic rings. The summed E-state index contributed by atoms with van der Waals surface area (Å²) in [6, 6.07) is 13.9. The zero-order chi connectivity index (χ0) is 17.8. The molecule has 0 saturated heterocycles. The summed E-state index contributed by atoms with van der Waals surface area (Å²) in [4.78, 5) is 24.0. The van der Waals surface area contributed by atoms with Crippen molar-refractivity contribution in [2.75, 3.05) is 6.61 Å². The summed E-state index contributed by atoms with van der Waals surface area (Å²) in [5.74, 6) is -0.541. The first kappa shape index (κ1) is 17.0. The maximum absolute atomic E-state index is 12.3. The van der Waals surface area contributed by atoms with Gasteiger partial charge >= 0.3 is 5.97 Å². The minimum absolute atomic E-state index is 0.0177. The molecule has 0 radical (unpaired) electrons. The lowest BCUT2D eigenvalue weighted by Crippen LogP contribution is -2.34. The third-order valence-corrected chi connectivity index (χ3v) is 4.46. The number of rotatable bonds is 6. The van der Waals surface area contributed by atoms with E-state index >= 15 is 0 Å². The van der Waals surface area contributed by atoms with Crippen molar-refractivity contribution in [3.8, 4) is 5.75 Å². The van der Waals surface area contributed by atoms with Gasteiger partial charge in [-0.1, -0.05) is 43.3 Å². The molecule has 0 aromatic heterocycles. The first-order chi connectivity index (χ1) is 12.0. The molecule has 2 unspecified atom stereocenters. The van der Waals surface area contributed by atoms with E-state index in [0.29, 0.717) is 12.2 Å². The van der Waals surface area contributed by atoms with Gasteiger partial charge in [-0.2, -0.15) is 0 Å². The smallest absolute Gasteiger partial charge is 0.330 e. The van der Waals surface area contributed by atoms with Crippen molar-refractivity contribution >= 4 is 11.9 Å². The summed E-state index contributed by atoms with van der Waals surface area (Å²) in [6.45, 7) is 2.56. The Labute approximate surface area is 146 Å². The highest BCUT2D eigenvalue weighted by Gasteiger charge is 2.25. The highest BCUT2D eigenvalue weighted by atomic mass is 16.5. The number of carboxylic acid groups (broad SMARTS) is 1. The van der Waals surface area contributed by atoms with Crippen molar-refractivity contribution < 1.29 is 19.4 Å². The van der Waals surface area contributed by atoms with Crippen molar-refractivity contribution in [3.05, 3.63) is 65.2 Å². The number of hydrogen-bond donors (Lipinski definition) is 2. The Bertz CT molecular complexity index is 773. The fourth-order valence-electron chi connectivity index (χ4n) is 3.07. The van der Waals surface area contributed by atoms with Crippen LogP contribution in [0.3, 0.4) is 0 Å². The van der Waals surface area contributed by atoms with Gasteiger partial charge < -0.3 is 15.2 Å². The summed E-state index contributed by atoms with van der Waals surface area (Å²) >= 11 is 0. The molecule has 1 amide bonds. The van der Waals surface area contributed by atoms with Crippen LogP contribution >= 0.6 is 0 Å². The molecule has 0 saturated carbocycles. The first-order valence-electron chi connectivity index (χ1n) is 8.37. The largest absolute Gasteiger partial charge is 0.493 e. The normalized spacial score (nSPS) is 14.9. The lowest BCUT2D eigenvalue weighted by molar-refractivity contribution is -0.142. The van der Waals surface area contributed by atoms with E-state index in [1.807, 2.05) is 43.3 Å². The summed E-state index contributed by atoms with van der Waals surface area (Å²) in [5, 5.41) is 12.2. The zero-order valence-electron chi connectivity index (χ0n) is 14.1. The number of benzene rings is 2. The molecule has 0 spiro atoms. The number of carbonyl (C=O) groups is 2. The third kappa shape index (κ3) is 3.99. The molecule has 2 aromatic carbocycles. The van der Waals surface area contributed by atoms with Gasteiger partial charge in [0.15, 0.2) is 6.04 Å². The number of nitrogens with one attached hydrogen (secondary N) is 1. The van der Waals surface area contributed by atoms with Gasteiger partial charge in [-0.15, -0.1) is 0 Å². The molecule has 1 aliphatic rings. The van der Waals surface area contributed by atoms with E-state index in [-0.39, 0.29) is 18.2 Å². The van der Waals surface area contributed by atoms with Gasteiger partial charge in [0.25, 0.3) is 0 Å². The van der Waals surface area contributed by atoms with E-state index in [9.17, 15) is 14.7 Å². The second-order valence-electron chi connectivity index (χ2n) is 6.32. The zero-order valence-corrected chi connectivity index (χ0v) is 14.1. The van der Waals surface area contributed by atoms with Crippen LogP contribution in [0.15, 0.2) is 48.5 Å². The summed E-state index contributed by atoms with van der Waals surface area (Å²) in [5.41, 5.74) is 2.60. The molecule has 0 bridgehead atoms. The lowest BCUT2D eigenvalue weighted by atomic mass is 9.97. The highest BCUT2D eigenvalue weighted by molar-refractivity contribution is 5.85. The van der Waals surface area contributed by atoms with E-state index in [1.54, 1.807) is 12.1 Å². The third-order valence-electron chi connectivity index (χ3n) is 4.46. The molecule has 3 rings (SSSR count). The number of amides is 1. The average Bonchev–Trinajstić information content (AvgIpc) is 3.07. The highest BCUT2D eigenvalue weighted by Crippen LogP contribution is 2.28. The number of aliphatic carboxylic acids is 1. The SMILES string of the molecule is CC(CC(=O)NC(C(=O)O)c1ccc2c(c1)CCO2)c1ccccc1. The minimum Gasteiger partial charge on any atom is -0.493 e. The fraction of sp³-hybridized carbons (Fsp3) is 0.300. The van der Waals surface area contributed by atoms with Crippen LogP contribution in [0, 0.1) is 0 Å². The van der Waals surface area contributed by atoms with Crippen molar-refractivity contribution in [1.29, 1.82) is 0 Å². The monoisotopic (exact) mass is 339 g/mol. The number of hydrogen-bond acceptors (Lipinski definition) is 3. The van der Waals surface area contributed by atoms with Crippen molar-refractivity contribution in [2.24, 2.45) is 0 Å². The van der Waals surface area contributed by atoms with Gasteiger partial charge in [0.1, 0.15) is 5.75 Å². The van der Waals surface area contributed by atoms with Crippen molar-refractivity contribution in [3.63, 3.8) is 0 Å². The van der Waals surface area contributed by atoms with Crippen LogP contribution in [0.2, 0.25) is 0 Å². The second kappa shape index (κ2) is 7.38. The van der Waals surface area contributed by atoms with Crippen LogP contribution in [0.25, 0.3) is 0 Å². The van der Waals surface area contributed by atoms with Crippen LogP contribution < -0.4 is 10.1 Å². The first-order valence-corrected chi connectivity index (χ1v) is 8.37. The molecule has 0 aliphatic carbocycles. The maximum atomic E-state index is 12.3. The number of fused-ring (bicyclic) bond motifs is 1. The van der Waals surface area contributed by atoms with Gasteiger partial charge in [0, 0.05) is 12.8 Å². The Morgan fingerprint density at radius 1 is 1.16 bits per heavy atom. The Morgan fingerprint density at radius 2 is 1.92 bits per heavy atom. The maximum Gasteiger partial charge on any atom is 0.330 e. The molecule has 5 heteroatoms. The van der Waals surface area contributed by atoms with E-state index in [2.05, 4.69) is 5.32 Å². The molecule has 25 heavy (non-hydrogen) atoms. The Hall–Kier alpha value is -2.82. The van der Waals surface area contributed by atoms with E-state index in [0.717, 1.165) is 23.3 Å². The van der Waals surface area contributed by atoms with Crippen LogP contribution in [-0.2, 0) is 16.0 Å². The number of carboxylic acids is 1. The quantitative estimate of drug-likeness (QED) is 0.848. The van der Waals surface area contributed by atoms with Crippen molar-refractivity contribution in [1.82, 2.24) is 5.32 Å². The molecule has 2 N–H and O–H groups in total. The molecule has 2 atom stereocenters. The second-order valence-corrected chi connectivity index (χ2v) is 6.32. The molecule has 1 aliphatic heterocycles. The Morgan fingerprint density at radius 3 is 2.64 bits per heavy atom. The fourth-order valence-corrected chi connectivity index (χ4v) is 3.07. The van der Waals surface area contributed by atoms with E-state index in [1.165, 1.54) is 0 Å². The van der Waals surface area contributed by atoms with Gasteiger partial charge in [-0.3, -0.25) is 4.79 Å². The number of ether oxygens (including phenoxy) is 1. The van der Waals surface area contributed by atoms with Gasteiger partial charge in [-0.05, 0) is 34.7 Å². The molecule has 1 heterocycles. The van der Waals surface area contributed by atoms with Crippen LogP contribution in [0.5, 0.6) is 5.75 Å². The molecule has 0 fully saturated rings. The predicted molar refractivity (Wildman–Crippen MR) is 93.6 cm³/mol. The lowest BCUT2D eigenvalue weighted by Gasteiger charge is -2.18. The topological polar surface area (TPSA) is 75.6 Å². The predicted octanol–water partition coefficient (Wildman–Crippen LogP) is 3.06. The molecule has 5 nitrogen and oxygen atoms in total. The molecular weight excluding hydrogens is 318 g/mol. The molecular formula is C20H21NO4. The minimum atomic E-state index is -1.07. The van der Waals surface area contributed by atoms with Gasteiger partial charge in [0.05, 0.1) is 6.61 Å². The standard InChI is InChI=1S/C20H21NO4/c1-13(14-5-3-2-4-6-14)11-18(22)21-19(20(23)24)16-7-8-17-15(12-16)9-10-25-17/h2-8,12-13,19H,9-11H2,1H3,(H,21,22)(H,23,24). The van der Waals surface area contributed by atoms with Gasteiger partial charge in [0.2, 0.25) is 5.91 Å². The molecule has 130 valence electrons.